The minimum absolute atomic E-state index is 0.181. The normalized spacial score (nSPS) is 23.7. The van der Waals surface area contributed by atoms with Crippen LogP contribution in [0.5, 0.6) is 0 Å². The second kappa shape index (κ2) is 6.25. The van der Waals surface area contributed by atoms with Crippen LogP contribution in [0.1, 0.15) is 42.9 Å². The number of piperidine rings is 1. The molecule has 2 aliphatic rings. The molecule has 24 heavy (non-hydrogen) atoms. The molecule has 4 heteroatoms. The fraction of sp³-hybridized carbons (Fsp3) is 0.550. The summed E-state index contributed by atoms with van der Waals surface area (Å²) in [6.45, 7) is 3.62. The number of benzene rings is 1. The van der Waals surface area contributed by atoms with Crippen LogP contribution in [0.25, 0.3) is 11.0 Å². The molecule has 4 rings (SSSR count). The van der Waals surface area contributed by atoms with Crippen LogP contribution in [-0.4, -0.2) is 29.9 Å². The molecule has 2 N–H and O–H groups in total. The van der Waals surface area contributed by atoms with Crippen LogP contribution < -0.4 is 5.73 Å². The van der Waals surface area contributed by atoms with E-state index in [2.05, 4.69) is 19.1 Å². The highest BCUT2D eigenvalue weighted by molar-refractivity contribution is 5.88. The van der Waals surface area contributed by atoms with Gasteiger partial charge in [0.25, 0.3) is 0 Å². The van der Waals surface area contributed by atoms with E-state index in [0.29, 0.717) is 18.9 Å². The third-order valence-electron chi connectivity index (χ3n) is 5.78. The zero-order chi connectivity index (χ0) is 16.7. The first kappa shape index (κ1) is 15.7. The molecular formula is C20H26N2O2. The van der Waals surface area contributed by atoms with Crippen molar-refractivity contribution in [1.29, 1.82) is 0 Å². The number of fused-ring (bicyclic) bond motifs is 2. The van der Waals surface area contributed by atoms with Gasteiger partial charge in [-0.2, -0.15) is 0 Å². The number of nitrogens with zero attached hydrogens (tertiary/aromatic N) is 1. The number of carbonyl (C=O) groups is 1. The zero-order valence-electron chi connectivity index (χ0n) is 14.4. The Hall–Kier alpha value is -1.81. The van der Waals surface area contributed by atoms with Crippen molar-refractivity contribution in [3.63, 3.8) is 0 Å². The van der Waals surface area contributed by atoms with Gasteiger partial charge in [0, 0.05) is 30.1 Å². The van der Waals surface area contributed by atoms with Gasteiger partial charge in [-0.25, -0.2) is 0 Å². The van der Waals surface area contributed by atoms with Gasteiger partial charge in [0.05, 0.1) is 12.7 Å². The molecule has 2 heterocycles. The summed E-state index contributed by atoms with van der Waals surface area (Å²) in [5, 5.41) is 1.11. The highest BCUT2D eigenvalue weighted by atomic mass is 16.3. The molecular weight excluding hydrogens is 300 g/mol. The Labute approximate surface area is 143 Å². The maximum Gasteiger partial charge on any atom is 0.227 e. The lowest BCUT2D eigenvalue weighted by Gasteiger charge is -2.38. The number of nitrogens with two attached hydrogens (primary N) is 1. The topological polar surface area (TPSA) is 59.5 Å². The highest BCUT2D eigenvalue weighted by Gasteiger charge is 2.29. The molecule has 1 fully saturated rings. The SMILES string of the molecule is CC1CCN(C(=O)Cc2coc3cc4c(cc23)CCC4)C(CN)C1. The van der Waals surface area contributed by atoms with Gasteiger partial charge in [-0.1, -0.05) is 6.92 Å². The van der Waals surface area contributed by atoms with Gasteiger partial charge in [-0.15, -0.1) is 0 Å². The van der Waals surface area contributed by atoms with Gasteiger partial charge in [-0.05, 0) is 61.3 Å². The molecule has 0 spiro atoms. The van der Waals surface area contributed by atoms with E-state index in [9.17, 15) is 4.79 Å². The number of rotatable bonds is 3. The molecule has 2 unspecified atom stereocenters. The van der Waals surface area contributed by atoms with Crippen LogP contribution in [-0.2, 0) is 24.1 Å². The van der Waals surface area contributed by atoms with E-state index in [1.54, 1.807) is 6.26 Å². The third kappa shape index (κ3) is 2.73. The molecule has 0 radical (unpaired) electrons. The van der Waals surface area contributed by atoms with E-state index in [-0.39, 0.29) is 11.9 Å². The van der Waals surface area contributed by atoms with Crippen molar-refractivity contribution >= 4 is 16.9 Å². The number of hydrogen-bond acceptors (Lipinski definition) is 3. The molecule has 1 aromatic heterocycles. The number of furan rings is 1. The Morgan fingerprint density at radius 2 is 2.12 bits per heavy atom. The van der Waals surface area contributed by atoms with Gasteiger partial charge in [0.2, 0.25) is 5.91 Å². The summed E-state index contributed by atoms with van der Waals surface area (Å²) in [4.78, 5) is 14.8. The number of likely N-dealkylation sites (tertiary alicyclic amines) is 1. The maximum absolute atomic E-state index is 12.8. The summed E-state index contributed by atoms with van der Waals surface area (Å²) in [7, 11) is 0. The van der Waals surface area contributed by atoms with Crippen molar-refractivity contribution in [3.05, 3.63) is 35.1 Å². The lowest BCUT2D eigenvalue weighted by molar-refractivity contribution is -0.134. The minimum Gasteiger partial charge on any atom is -0.464 e. The Bertz CT molecular complexity index is 764. The Kier molecular flexibility index (Phi) is 4.09. The molecule has 2 atom stereocenters. The van der Waals surface area contributed by atoms with Crippen molar-refractivity contribution in [2.75, 3.05) is 13.1 Å². The van der Waals surface area contributed by atoms with Crippen molar-refractivity contribution < 1.29 is 9.21 Å². The van der Waals surface area contributed by atoms with Crippen LogP contribution in [0.4, 0.5) is 0 Å². The van der Waals surface area contributed by atoms with E-state index in [4.69, 9.17) is 10.2 Å². The first-order valence-electron chi connectivity index (χ1n) is 9.17. The van der Waals surface area contributed by atoms with Crippen LogP contribution >= 0.6 is 0 Å². The monoisotopic (exact) mass is 326 g/mol. The Balaban J connectivity index is 1.56. The number of aryl methyl sites for hydroxylation is 2. The van der Waals surface area contributed by atoms with Crippen molar-refractivity contribution in [2.24, 2.45) is 11.7 Å². The van der Waals surface area contributed by atoms with Gasteiger partial charge in [0.15, 0.2) is 0 Å². The van der Waals surface area contributed by atoms with E-state index in [0.717, 1.165) is 48.8 Å². The van der Waals surface area contributed by atoms with E-state index in [1.807, 2.05) is 4.90 Å². The lowest BCUT2D eigenvalue weighted by atomic mass is 9.92. The summed E-state index contributed by atoms with van der Waals surface area (Å²) in [6.07, 6.45) is 7.77. The average molecular weight is 326 g/mol. The van der Waals surface area contributed by atoms with E-state index >= 15 is 0 Å². The number of carbonyl (C=O) groups excluding carboxylic acids is 1. The quantitative estimate of drug-likeness (QED) is 0.943. The first-order chi connectivity index (χ1) is 11.7. The maximum atomic E-state index is 12.8. The highest BCUT2D eigenvalue weighted by Crippen LogP contribution is 2.31. The van der Waals surface area contributed by atoms with Crippen LogP contribution in [0.3, 0.4) is 0 Å². The zero-order valence-corrected chi connectivity index (χ0v) is 14.4. The second-order valence-corrected chi connectivity index (χ2v) is 7.51. The Morgan fingerprint density at radius 1 is 1.33 bits per heavy atom. The van der Waals surface area contributed by atoms with Gasteiger partial charge < -0.3 is 15.1 Å². The Morgan fingerprint density at radius 3 is 2.92 bits per heavy atom. The van der Waals surface area contributed by atoms with Crippen LogP contribution in [0.2, 0.25) is 0 Å². The molecule has 1 saturated heterocycles. The predicted octanol–water partition coefficient (Wildman–Crippen LogP) is 3.05. The fourth-order valence-corrected chi connectivity index (χ4v) is 4.35. The standard InChI is InChI=1S/C20H26N2O2/c1-13-5-6-22(17(7-13)11-21)20(23)10-16-12-24-19-9-15-4-2-3-14(15)8-18(16)19/h8-9,12-13,17H,2-7,10-11,21H2,1H3. The third-order valence-corrected chi connectivity index (χ3v) is 5.78. The lowest BCUT2D eigenvalue weighted by Crippen LogP contribution is -2.49. The van der Waals surface area contributed by atoms with Crippen LogP contribution in [0, 0.1) is 5.92 Å². The summed E-state index contributed by atoms with van der Waals surface area (Å²) >= 11 is 0. The predicted molar refractivity (Wildman–Crippen MR) is 94.9 cm³/mol. The molecule has 2 aromatic rings. The van der Waals surface area contributed by atoms with Crippen molar-refractivity contribution in [3.8, 4) is 0 Å². The van der Waals surface area contributed by atoms with E-state index < -0.39 is 0 Å². The summed E-state index contributed by atoms with van der Waals surface area (Å²) in [6, 6.07) is 4.59. The molecule has 0 bridgehead atoms. The number of amides is 1. The summed E-state index contributed by atoms with van der Waals surface area (Å²) < 4.78 is 5.74. The van der Waals surface area contributed by atoms with Gasteiger partial charge in [-0.3, -0.25) is 4.79 Å². The largest absolute Gasteiger partial charge is 0.464 e. The molecule has 4 nitrogen and oxygen atoms in total. The summed E-state index contributed by atoms with van der Waals surface area (Å²) in [5.74, 6) is 0.834. The molecule has 128 valence electrons. The molecule has 1 amide bonds. The van der Waals surface area contributed by atoms with Crippen molar-refractivity contribution in [2.45, 2.75) is 51.5 Å². The number of hydrogen-bond donors (Lipinski definition) is 1. The smallest absolute Gasteiger partial charge is 0.227 e. The molecule has 1 aliphatic heterocycles. The molecule has 1 aliphatic carbocycles. The second-order valence-electron chi connectivity index (χ2n) is 7.51. The van der Waals surface area contributed by atoms with Gasteiger partial charge >= 0.3 is 0 Å². The molecule has 0 saturated carbocycles. The van der Waals surface area contributed by atoms with Gasteiger partial charge in [0.1, 0.15) is 5.58 Å². The van der Waals surface area contributed by atoms with Crippen molar-refractivity contribution in [1.82, 2.24) is 4.90 Å². The average Bonchev–Trinajstić information content (AvgIpc) is 3.19. The minimum atomic E-state index is 0.181. The fourth-order valence-electron chi connectivity index (χ4n) is 4.35. The van der Waals surface area contributed by atoms with Crippen LogP contribution in [0.15, 0.2) is 22.8 Å². The summed E-state index contributed by atoms with van der Waals surface area (Å²) in [5.41, 5.74) is 10.7. The first-order valence-corrected chi connectivity index (χ1v) is 9.17. The molecule has 1 aromatic carbocycles. The van der Waals surface area contributed by atoms with E-state index in [1.165, 1.54) is 17.5 Å².